The molecule has 1 fully saturated rings. The van der Waals surface area contributed by atoms with Gasteiger partial charge < -0.3 is 0 Å². The van der Waals surface area contributed by atoms with Crippen LogP contribution in [0.4, 0.5) is 0 Å². The number of benzene rings is 3. The van der Waals surface area contributed by atoms with Crippen LogP contribution in [0.2, 0.25) is 0 Å². The summed E-state index contributed by atoms with van der Waals surface area (Å²) in [6.07, 6.45) is 7.62. The lowest BCUT2D eigenvalue weighted by atomic mass is 9.91. The van der Waals surface area contributed by atoms with Crippen LogP contribution in [0.1, 0.15) is 42.7 Å². The first kappa shape index (κ1) is 18.1. The van der Waals surface area contributed by atoms with Gasteiger partial charge in [0.05, 0.1) is 5.39 Å². The van der Waals surface area contributed by atoms with Gasteiger partial charge in [-0.05, 0) is 71.5 Å². The van der Waals surface area contributed by atoms with Crippen LogP contribution in [0.25, 0.3) is 33.2 Å². The summed E-state index contributed by atoms with van der Waals surface area (Å²) in [4.78, 5) is 0. The van der Waals surface area contributed by atoms with E-state index < -0.39 is 0 Å². The Kier molecular flexibility index (Phi) is 4.67. The number of rotatable bonds is 3. The van der Waals surface area contributed by atoms with Crippen LogP contribution < -0.4 is 4.57 Å². The van der Waals surface area contributed by atoms with Crippen LogP contribution in [0.5, 0.6) is 0 Å². The fourth-order valence-corrected chi connectivity index (χ4v) is 4.93. The average molecular weight is 379 g/mol. The monoisotopic (exact) mass is 378 g/mol. The van der Waals surface area contributed by atoms with Gasteiger partial charge in [0, 0.05) is 11.6 Å². The summed E-state index contributed by atoms with van der Waals surface area (Å²) < 4.78 is 2.28. The second-order valence-corrected chi connectivity index (χ2v) is 8.50. The molecule has 5 rings (SSSR count). The highest BCUT2D eigenvalue weighted by Crippen LogP contribution is 2.37. The summed E-state index contributed by atoms with van der Waals surface area (Å²) in [6, 6.07) is 26.9. The first-order valence-electron chi connectivity index (χ1n) is 10.8. The van der Waals surface area contributed by atoms with Crippen LogP contribution in [0.3, 0.4) is 0 Å². The van der Waals surface area contributed by atoms with Gasteiger partial charge in [0.15, 0.2) is 6.20 Å². The normalized spacial score (nSPS) is 14.6. The number of aromatic nitrogens is 1. The molecule has 29 heavy (non-hydrogen) atoms. The third-order valence-electron chi connectivity index (χ3n) is 6.59. The van der Waals surface area contributed by atoms with Crippen molar-refractivity contribution in [2.45, 2.75) is 38.5 Å². The van der Waals surface area contributed by atoms with E-state index in [4.69, 9.17) is 0 Å². The maximum atomic E-state index is 2.46. The molecule has 1 saturated carbocycles. The maximum absolute atomic E-state index is 2.46. The van der Waals surface area contributed by atoms with E-state index in [1.807, 2.05) is 0 Å². The highest BCUT2D eigenvalue weighted by atomic mass is 14.9. The van der Waals surface area contributed by atoms with Gasteiger partial charge >= 0.3 is 0 Å². The van der Waals surface area contributed by atoms with E-state index in [2.05, 4.69) is 97.5 Å². The van der Waals surface area contributed by atoms with Crippen molar-refractivity contribution in [2.75, 3.05) is 0 Å². The number of hydrogen-bond acceptors (Lipinski definition) is 0. The fourth-order valence-electron chi connectivity index (χ4n) is 4.93. The first-order chi connectivity index (χ1) is 14.2. The molecule has 0 amide bonds. The molecule has 0 N–H and O–H groups in total. The molecule has 0 radical (unpaired) electrons. The second-order valence-electron chi connectivity index (χ2n) is 8.50. The minimum atomic E-state index is 0.735. The van der Waals surface area contributed by atoms with Gasteiger partial charge in [-0.1, -0.05) is 61.4 Å². The molecule has 0 spiro atoms. The average Bonchev–Trinajstić information content (AvgIpc) is 3.30. The van der Waals surface area contributed by atoms with E-state index in [0.29, 0.717) is 0 Å². The van der Waals surface area contributed by atoms with Crippen molar-refractivity contribution in [3.63, 3.8) is 0 Å². The first-order valence-corrected chi connectivity index (χ1v) is 10.8. The van der Waals surface area contributed by atoms with Gasteiger partial charge in [0.25, 0.3) is 0 Å². The standard InChI is InChI=1S/C28H28N/c1-20-12-13-24(22-10-6-7-11-22)19-27(20)28-26-15-14-23(21-8-4-3-5-9-21)18-25(26)16-17-29(28)2/h3-5,8-9,12-19,22H,6-7,10-11H2,1-2H3/q+1. The van der Waals surface area contributed by atoms with Crippen molar-refractivity contribution in [3.8, 4) is 22.4 Å². The topological polar surface area (TPSA) is 3.88 Å². The van der Waals surface area contributed by atoms with Crippen LogP contribution in [0.15, 0.2) is 79.0 Å². The SMILES string of the molecule is Cc1ccc(C2CCCC2)cc1-c1c2ccc(-c3ccccc3)cc2cc[n+]1C. The molecule has 0 atom stereocenters. The third-order valence-corrected chi connectivity index (χ3v) is 6.59. The number of nitrogens with zero attached hydrogens (tertiary/aromatic N) is 1. The molecule has 3 aromatic carbocycles. The Morgan fingerprint density at radius 3 is 2.38 bits per heavy atom. The van der Waals surface area contributed by atoms with Crippen LogP contribution in [-0.4, -0.2) is 0 Å². The summed E-state index contributed by atoms with van der Waals surface area (Å²) in [6.45, 7) is 2.24. The predicted molar refractivity (Wildman–Crippen MR) is 122 cm³/mol. The zero-order chi connectivity index (χ0) is 19.8. The zero-order valence-electron chi connectivity index (χ0n) is 17.4. The Balaban J connectivity index is 1.67. The third kappa shape index (κ3) is 3.35. The molecule has 1 aromatic heterocycles. The van der Waals surface area contributed by atoms with E-state index in [1.54, 1.807) is 0 Å². The molecule has 0 unspecified atom stereocenters. The van der Waals surface area contributed by atoms with Crippen LogP contribution >= 0.6 is 0 Å². The summed E-state index contributed by atoms with van der Waals surface area (Å²) >= 11 is 0. The van der Waals surface area contributed by atoms with Crippen molar-refractivity contribution in [2.24, 2.45) is 7.05 Å². The van der Waals surface area contributed by atoms with Crippen molar-refractivity contribution in [1.29, 1.82) is 0 Å². The van der Waals surface area contributed by atoms with E-state index in [1.165, 1.54) is 70.0 Å². The molecule has 1 heterocycles. The molecule has 1 aliphatic rings. The van der Waals surface area contributed by atoms with Gasteiger partial charge in [-0.25, -0.2) is 4.57 Å². The molecule has 0 saturated heterocycles. The van der Waals surface area contributed by atoms with Crippen LogP contribution in [0, 0.1) is 6.92 Å². The van der Waals surface area contributed by atoms with Crippen molar-refractivity contribution >= 4 is 10.8 Å². The fraction of sp³-hybridized carbons (Fsp3) is 0.250. The molecule has 0 aliphatic heterocycles. The molecular weight excluding hydrogens is 350 g/mol. The Morgan fingerprint density at radius 2 is 1.59 bits per heavy atom. The molecule has 1 heteroatoms. The van der Waals surface area contributed by atoms with E-state index in [0.717, 1.165) is 5.92 Å². The largest absolute Gasteiger partial charge is 0.220 e. The van der Waals surface area contributed by atoms with Gasteiger partial charge in [-0.15, -0.1) is 0 Å². The smallest absolute Gasteiger partial charge is 0.200 e. The van der Waals surface area contributed by atoms with Crippen molar-refractivity contribution in [1.82, 2.24) is 0 Å². The lowest BCUT2D eigenvalue weighted by Crippen LogP contribution is -2.30. The highest BCUT2D eigenvalue weighted by molar-refractivity contribution is 5.96. The Labute approximate surface area is 173 Å². The zero-order valence-corrected chi connectivity index (χ0v) is 17.4. The predicted octanol–water partition coefficient (Wildman–Crippen LogP) is 6.96. The molecule has 0 bridgehead atoms. The minimum Gasteiger partial charge on any atom is -0.200 e. The van der Waals surface area contributed by atoms with Crippen molar-refractivity contribution < 1.29 is 4.57 Å². The summed E-state index contributed by atoms with van der Waals surface area (Å²) in [5.74, 6) is 0.735. The van der Waals surface area contributed by atoms with Gasteiger partial charge in [0.1, 0.15) is 7.05 Å². The molecule has 4 aromatic rings. The van der Waals surface area contributed by atoms with Crippen LogP contribution in [-0.2, 0) is 7.05 Å². The summed E-state index contributed by atoms with van der Waals surface area (Å²) in [5, 5.41) is 2.62. The van der Waals surface area contributed by atoms with Gasteiger partial charge in [0.2, 0.25) is 5.69 Å². The molecular formula is C28H28N+. The Bertz CT molecular complexity index is 1170. The number of pyridine rings is 1. The molecule has 1 nitrogen and oxygen atoms in total. The minimum absolute atomic E-state index is 0.735. The lowest BCUT2D eigenvalue weighted by molar-refractivity contribution is -0.659. The maximum Gasteiger partial charge on any atom is 0.220 e. The molecule has 1 aliphatic carbocycles. The Hall–Kier alpha value is -2.93. The van der Waals surface area contributed by atoms with Gasteiger partial charge in [-0.3, -0.25) is 0 Å². The number of hydrogen-bond donors (Lipinski definition) is 0. The van der Waals surface area contributed by atoms with Crippen molar-refractivity contribution in [3.05, 3.63) is 90.1 Å². The number of aryl methyl sites for hydroxylation is 2. The van der Waals surface area contributed by atoms with E-state index in [9.17, 15) is 0 Å². The number of fused-ring (bicyclic) bond motifs is 1. The van der Waals surface area contributed by atoms with E-state index >= 15 is 0 Å². The Morgan fingerprint density at radius 1 is 0.793 bits per heavy atom. The van der Waals surface area contributed by atoms with Gasteiger partial charge in [-0.2, -0.15) is 0 Å². The second kappa shape index (κ2) is 7.48. The summed E-state index contributed by atoms with van der Waals surface area (Å²) in [5.41, 5.74) is 8.09. The highest BCUT2D eigenvalue weighted by Gasteiger charge is 2.22. The lowest BCUT2D eigenvalue weighted by Gasteiger charge is -2.14. The quantitative estimate of drug-likeness (QED) is 0.339. The van der Waals surface area contributed by atoms with E-state index in [-0.39, 0.29) is 0 Å². The summed E-state index contributed by atoms with van der Waals surface area (Å²) in [7, 11) is 2.17. The molecule has 144 valence electrons.